The summed E-state index contributed by atoms with van der Waals surface area (Å²) in [6, 6.07) is 0. The van der Waals surface area contributed by atoms with E-state index in [0.717, 1.165) is 51.4 Å². The largest absolute Gasteiger partial charge is 0.490 e. The second-order valence-corrected chi connectivity index (χ2v) is 6.14. The van der Waals surface area contributed by atoms with E-state index in [1.54, 1.807) is 11.1 Å². The summed E-state index contributed by atoms with van der Waals surface area (Å²) >= 11 is 0. The first kappa shape index (κ1) is 30.8. The van der Waals surface area contributed by atoms with E-state index in [4.69, 9.17) is 24.9 Å². The Morgan fingerprint density at radius 3 is 1.94 bits per heavy atom. The van der Waals surface area contributed by atoms with Gasteiger partial charge in [-0.05, 0) is 40.7 Å². The van der Waals surface area contributed by atoms with Crippen LogP contribution < -0.4 is 10.6 Å². The van der Waals surface area contributed by atoms with Crippen molar-refractivity contribution in [2.75, 3.05) is 19.6 Å². The predicted molar refractivity (Wildman–Crippen MR) is 112 cm³/mol. The minimum atomic E-state index is -0.742. The third kappa shape index (κ3) is 20.6. The molecule has 1 saturated heterocycles. The van der Waals surface area contributed by atoms with Crippen molar-refractivity contribution in [1.82, 2.24) is 10.6 Å². The van der Waals surface area contributed by atoms with Gasteiger partial charge in [-0.1, -0.05) is 22.5 Å². The lowest BCUT2D eigenvalue weighted by atomic mass is 10.2. The molecule has 0 aromatic rings. The maximum absolute atomic E-state index is 10.7. The number of amides is 2. The molecule has 1 rings (SSSR count). The molecule has 1 aliphatic rings. The zero-order chi connectivity index (χ0) is 25.2. The Hall–Kier alpha value is -4.43. The molecule has 0 aliphatic carbocycles. The van der Waals surface area contributed by atoms with E-state index in [9.17, 15) is 19.2 Å². The van der Waals surface area contributed by atoms with E-state index < -0.39 is 12.2 Å². The Morgan fingerprint density at radius 2 is 1.52 bits per heavy atom. The van der Waals surface area contributed by atoms with Crippen LogP contribution in [0.25, 0.3) is 15.0 Å². The van der Waals surface area contributed by atoms with Crippen LogP contribution in [0.5, 0.6) is 0 Å². The number of carbonyl (C=O) groups is 2. The van der Waals surface area contributed by atoms with Gasteiger partial charge in [0.1, 0.15) is 0 Å². The van der Waals surface area contributed by atoms with Crippen LogP contribution in [0.1, 0.15) is 52.8 Å². The molecule has 14 heteroatoms. The summed E-state index contributed by atoms with van der Waals surface area (Å²) in [6.45, 7) is 19.5. The molecule has 0 spiro atoms. The summed E-state index contributed by atoms with van der Waals surface area (Å²) in [7, 11) is 0. The van der Waals surface area contributed by atoms with Gasteiger partial charge in [-0.2, -0.15) is 24.5 Å². The number of hydrogen-bond donors (Lipinski definition) is 3. The van der Waals surface area contributed by atoms with Crippen LogP contribution in [0.15, 0.2) is 4.99 Å². The second kappa shape index (κ2) is 23.8. The lowest BCUT2D eigenvalue weighted by Gasteiger charge is -2.01. The van der Waals surface area contributed by atoms with Crippen molar-refractivity contribution in [2.24, 2.45) is 4.99 Å². The zero-order valence-electron chi connectivity index (χ0n) is 18.0. The molecule has 1 heterocycles. The Bertz CT molecular complexity index is 773. The Kier molecular flexibility index (Phi) is 22.2. The number of hydrogen-bond acceptors (Lipinski definition) is 8. The molecule has 1 fully saturated rings. The molecule has 0 aromatic heterocycles. The highest BCUT2D eigenvalue weighted by atomic mass is 16.7. The molecule has 0 saturated carbocycles. The molecule has 0 bridgehead atoms. The summed E-state index contributed by atoms with van der Waals surface area (Å²) in [5.41, 5.74) is 0. The smallest absolute Gasteiger partial charge is 0.315 e. The molecular weight excluding hydrogens is 438 g/mol. The predicted octanol–water partition coefficient (Wildman–Crippen LogP) is 2.78. The van der Waals surface area contributed by atoms with Crippen LogP contribution in [0.4, 0.5) is 9.59 Å². The van der Waals surface area contributed by atoms with Crippen LogP contribution in [-0.4, -0.2) is 59.9 Å². The van der Waals surface area contributed by atoms with Crippen molar-refractivity contribution in [3.63, 3.8) is 0 Å². The number of nitrogens with zero attached hydrogens (tertiary/aromatic N) is 5. The molecule has 1 atom stereocenters. The highest BCUT2D eigenvalue weighted by Gasteiger charge is 2.23. The summed E-state index contributed by atoms with van der Waals surface area (Å²) in [6.07, 6.45) is 8.57. The van der Waals surface area contributed by atoms with Gasteiger partial charge in [-0.15, -0.1) is 9.57 Å². The standard InChI is InChI=1S/C10H14N4O4.C8H11N2O2.CHNO.H2/c1-11-17-9(15)13-7-5-3-4-6-8-14-10(16)18-12-2;11-6-9-8-4-2-1-3-5-10(8)7-12;1-2-3;/h3-8H2,(H,13,15)(H,14,16);8H,1-5H2;3H;1H/q;+1;;/i;;;1+2. The van der Waals surface area contributed by atoms with E-state index in [2.05, 4.69) is 35.3 Å². The summed E-state index contributed by atoms with van der Waals surface area (Å²) in [5, 5.41) is 18.4. The average molecular weight is 468 g/mol. The molecule has 33 heavy (non-hydrogen) atoms. The monoisotopic (exact) mass is 468 g/mol. The van der Waals surface area contributed by atoms with E-state index in [0.29, 0.717) is 19.6 Å². The van der Waals surface area contributed by atoms with Gasteiger partial charge < -0.3 is 10.6 Å². The molecule has 0 aromatic carbocycles. The highest BCUT2D eigenvalue weighted by molar-refractivity contribution is 5.67. The zero-order valence-corrected chi connectivity index (χ0v) is 18.0. The van der Waals surface area contributed by atoms with E-state index in [1.807, 2.05) is 0 Å². The van der Waals surface area contributed by atoms with Gasteiger partial charge in [0.25, 0.3) is 6.17 Å². The van der Waals surface area contributed by atoms with Gasteiger partial charge >= 0.3 is 18.3 Å². The van der Waals surface area contributed by atoms with Crippen molar-refractivity contribution in [3.8, 4) is 0 Å². The normalized spacial score (nSPS) is 13.5. The van der Waals surface area contributed by atoms with Crippen LogP contribution in [-0.2, 0) is 19.3 Å². The Morgan fingerprint density at radius 1 is 1.00 bits per heavy atom. The molecule has 1 aliphatic heterocycles. The number of isocyanates is 2. The molecule has 2 amide bonds. The Labute approximate surface area is 192 Å². The molecule has 1 unspecified atom stereocenters. The van der Waals surface area contributed by atoms with Crippen LogP contribution in [0, 0.1) is 19.7 Å². The van der Waals surface area contributed by atoms with E-state index in [-0.39, 0.29) is 7.59 Å². The van der Waals surface area contributed by atoms with Crippen molar-refractivity contribution >= 4 is 24.3 Å². The molecular formula is C19H28N7O7+. The van der Waals surface area contributed by atoms with Gasteiger partial charge in [-0.3, -0.25) is 0 Å². The van der Waals surface area contributed by atoms with Gasteiger partial charge in [0.05, 0.1) is 0 Å². The van der Waals surface area contributed by atoms with E-state index >= 15 is 0 Å². The summed E-state index contributed by atoms with van der Waals surface area (Å²) in [4.78, 5) is 53.3. The third-order valence-electron chi connectivity index (χ3n) is 3.94. The second-order valence-electron chi connectivity index (χ2n) is 6.14. The van der Waals surface area contributed by atoms with Crippen molar-refractivity contribution in [1.29, 1.82) is 0 Å². The topological polar surface area (TPSA) is 159 Å². The minimum absolute atomic E-state index is 0. The molecule has 180 valence electrons. The molecule has 0 radical (unpaired) electrons. The first-order valence-corrected chi connectivity index (χ1v) is 9.86. The van der Waals surface area contributed by atoms with Crippen molar-refractivity contribution in [2.45, 2.75) is 57.5 Å². The first-order valence-electron chi connectivity index (χ1n) is 9.86. The lowest BCUT2D eigenvalue weighted by Crippen LogP contribution is -2.24. The van der Waals surface area contributed by atoms with Gasteiger partial charge in [0.2, 0.25) is 6.08 Å². The molecule has 3 N–H and O–H groups in total. The number of aliphatic imine (C=N–C) groups is 1. The maximum atomic E-state index is 10.7. The summed E-state index contributed by atoms with van der Waals surface area (Å²) < 4.78 is 1.44. The number of unbranched alkanes of at least 4 members (excludes halogenated alkanes) is 3. The van der Waals surface area contributed by atoms with Crippen LogP contribution in [0.3, 0.4) is 0 Å². The fraction of sp³-hybridized carbons (Fsp3) is 0.632. The van der Waals surface area contributed by atoms with Crippen molar-refractivity contribution in [3.05, 3.63) is 34.7 Å². The average Bonchev–Trinajstić information content (AvgIpc) is 3.02. The van der Waals surface area contributed by atoms with Crippen LogP contribution in [0.2, 0.25) is 0 Å². The Balaban J connectivity index is -0.000000518. The first-order chi connectivity index (χ1) is 16.0. The van der Waals surface area contributed by atoms with Crippen LogP contribution >= 0.6 is 0 Å². The maximum Gasteiger partial charge on any atom is 0.490 e. The van der Waals surface area contributed by atoms with Gasteiger partial charge in [0.15, 0.2) is 6.54 Å². The lowest BCUT2D eigenvalue weighted by molar-refractivity contribution is -0.560. The van der Waals surface area contributed by atoms with Gasteiger partial charge in [-0.25, -0.2) is 19.6 Å². The summed E-state index contributed by atoms with van der Waals surface area (Å²) in [5.74, 6) is 0. The molecule has 14 nitrogen and oxygen atoms in total. The fourth-order valence-corrected chi connectivity index (χ4v) is 2.52. The number of rotatable bonds is 8. The quantitative estimate of drug-likeness (QED) is 0.123. The highest BCUT2D eigenvalue weighted by Crippen LogP contribution is 2.12. The SMILES string of the molecule is O=C=NC1CCCCC[N+]1=C=O.[3HH].[C-]#[N+]O.[C-]#[N+]OC(=O)NCCCCCCNC(=O)O[N+]#[C-]. The number of nitrogens with one attached hydrogen (secondary N) is 2. The third-order valence-corrected chi connectivity index (χ3v) is 3.94. The van der Waals surface area contributed by atoms with E-state index in [1.165, 1.54) is 10.7 Å². The number of carbonyl (C=O) groups excluding carboxylic acids is 4. The fourth-order valence-electron chi connectivity index (χ4n) is 2.52. The van der Waals surface area contributed by atoms with Crippen molar-refractivity contribution < 1.29 is 40.1 Å². The minimum Gasteiger partial charge on any atom is -0.315 e. The van der Waals surface area contributed by atoms with Gasteiger partial charge in [0, 0.05) is 27.4 Å².